The average Bonchev–Trinajstić information content (AvgIpc) is 2.63. The van der Waals surface area contributed by atoms with Crippen LogP contribution in [0.1, 0.15) is 97.3 Å². The summed E-state index contributed by atoms with van der Waals surface area (Å²) in [5.41, 5.74) is 0. The number of rotatable bonds is 18. The monoisotopic (exact) mass is 440 g/mol. The Labute approximate surface area is 175 Å². The molecule has 174 valence electrons. The molecule has 0 amide bonds. The average molecular weight is 441 g/mol. The number of carbonyl (C=O) groups is 2. The van der Waals surface area contributed by atoms with Gasteiger partial charge in [0.2, 0.25) is 0 Å². The minimum Gasteiger partial charge on any atom is -0.481 e. The van der Waals surface area contributed by atoms with Crippen LogP contribution in [-0.2, 0) is 24.4 Å². The van der Waals surface area contributed by atoms with Gasteiger partial charge < -0.3 is 14.9 Å². The molecule has 0 rings (SSSR count). The van der Waals surface area contributed by atoms with Gasteiger partial charge in [-0.1, -0.05) is 78.1 Å². The maximum Gasteiger partial charge on any atom is 0.325 e. The molecule has 1 unspecified atom stereocenters. The fourth-order valence-corrected chi connectivity index (χ4v) is 3.16. The Kier molecular flexibility index (Phi) is 20.8. The lowest BCUT2D eigenvalue weighted by Crippen LogP contribution is -2.31. The van der Waals surface area contributed by atoms with Crippen LogP contribution in [0.3, 0.4) is 0 Å². The quantitative estimate of drug-likeness (QED) is 0.209. The van der Waals surface area contributed by atoms with Crippen LogP contribution in [0, 0.1) is 0 Å². The Balaban J connectivity index is 0. The number of carboxylic acids is 2. The van der Waals surface area contributed by atoms with Gasteiger partial charge in [-0.05, 0) is 12.8 Å². The highest BCUT2D eigenvalue weighted by atomic mass is 32.2. The van der Waals surface area contributed by atoms with Crippen molar-refractivity contribution >= 4 is 22.1 Å². The van der Waals surface area contributed by atoms with E-state index < -0.39 is 33.7 Å². The van der Waals surface area contributed by atoms with Gasteiger partial charge in [-0.25, -0.2) is 0 Å². The second-order valence-corrected chi connectivity index (χ2v) is 8.69. The van der Waals surface area contributed by atoms with Crippen molar-refractivity contribution in [2.75, 3.05) is 13.2 Å². The predicted octanol–water partition coefficient (Wildman–Crippen LogP) is 4.53. The van der Waals surface area contributed by atoms with Crippen molar-refractivity contribution in [1.82, 2.24) is 0 Å². The Morgan fingerprint density at radius 2 is 1.14 bits per heavy atom. The maximum atomic E-state index is 10.2. The molecule has 0 aliphatic heterocycles. The van der Waals surface area contributed by atoms with Gasteiger partial charge in [0.05, 0.1) is 6.42 Å². The molecule has 0 bridgehead atoms. The lowest BCUT2D eigenvalue weighted by atomic mass is 10.1. The third kappa shape index (κ3) is 23.0. The van der Waals surface area contributed by atoms with E-state index in [2.05, 4.69) is 13.8 Å². The molecule has 0 spiro atoms. The Morgan fingerprint density at radius 3 is 1.41 bits per heavy atom. The molecule has 0 aromatic heterocycles. The van der Waals surface area contributed by atoms with Gasteiger partial charge in [0.25, 0.3) is 10.1 Å². The highest BCUT2D eigenvalue weighted by Crippen LogP contribution is 2.07. The van der Waals surface area contributed by atoms with Crippen LogP contribution < -0.4 is 0 Å². The molecule has 0 aromatic carbocycles. The van der Waals surface area contributed by atoms with Gasteiger partial charge in [-0.3, -0.25) is 14.1 Å². The summed E-state index contributed by atoms with van der Waals surface area (Å²) in [7, 11) is -4.84. The number of aliphatic carboxylic acids is 2. The van der Waals surface area contributed by atoms with E-state index in [0.29, 0.717) is 0 Å². The summed E-state index contributed by atoms with van der Waals surface area (Å²) in [5, 5.41) is 13.9. The van der Waals surface area contributed by atoms with E-state index in [-0.39, 0.29) is 0 Å². The maximum absolute atomic E-state index is 10.2. The third-order valence-corrected chi connectivity index (χ3v) is 5.37. The van der Waals surface area contributed by atoms with Crippen LogP contribution in [0.5, 0.6) is 0 Å². The first-order valence-corrected chi connectivity index (χ1v) is 12.2. The van der Waals surface area contributed by atoms with E-state index in [1.165, 1.54) is 77.0 Å². The summed E-state index contributed by atoms with van der Waals surface area (Å²) in [6.45, 7) is 6.51. The van der Waals surface area contributed by atoms with E-state index in [0.717, 1.165) is 13.2 Å². The molecule has 0 saturated heterocycles. The number of ether oxygens (including phenoxy) is 1. The molecule has 0 radical (unpaired) electrons. The van der Waals surface area contributed by atoms with Crippen molar-refractivity contribution in [3.8, 4) is 0 Å². The first-order chi connectivity index (χ1) is 13.7. The van der Waals surface area contributed by atoms with Crippen LogP contribution in [0.4, 0.5) is 0 Å². The highest BCUT2D eigenvalue weighted by molar-refractivity contribution is 7.87. The predicted molar refractivity (Wildman–Crippen MR) is 113 cm³/mol. The molecular weight excluding hydrogens is 400 g/mol. The van der Waals surface area contributed by atoms with E-state index in [9.17, 15) is 18.0 Å². The lowest BCUT2D eigenvalue weighted by molar-refractivity contribution is -0.143. The largest absolute Gasteiger partial charge is 0.481 e. The molecule has 0 aromatic rings. The summed E-state index contributed by atoms with van der Waals surface area (Å²) < 4.78 is 34.3. The smallest absolute Gasteiger partial charge is 0.325 e. The second-order valence-electron chi connectivity index (χ2n) is 7.09. The SMILES string of the molecule is CCCCCCCCOCCCCCCCC.O=C(O)CC(C(=O)O)S(=O)(=O)O. The van der Waals surface area contributed by atoms with Crippen molar-refractivity contribution in [3.63, 3.8) is 0 Å². The molecule has 0 heterocycles. The molecule has 0 fully saturated rings. The normalized spacial score (nSPS) is 12.1. The molecule has 3 N–H and O–H groups in total. The highest BCUT2D eigenvalue weighted by Gasteiger charge is 2.33. The Hall–Kier alpha value is -1.19. The van der Waals surface area contributed by atoms with Crippen molar-refractivity contribution in [1.29, 1.82) is 0 Å². The van der Waals surface area contributed by atoms with Gasteiger partial charge in [0.15, 0.2) is 5.25 Å². The zero-order valence-electron chi connectivity index (χ0n) is 18.0. The molecule has 9 heteroatoms. The van der Waals surface area contributed by atoms with Gasteiger partial charge >= 0.3 is 11.9 Å². The van der Waals surface area contributed by atoms with Crippen molar-refractivity contribution in [2.24, 2.45) is 0 Å². The van der Waals surface area contributed by atoms with Crippen molar-refractivity contribution < 1.29 is 37.5 Å². The van der Waals surface area contributed by atoms with Crippen LogP contribution >= 0.6 is 0 Å². The van der Waals surface area contributed by atoms with E-state index >= 15 is 0 Å². The zero-order chi connectivity index (χ0) is 22.5. The van der Waals surface area contributed by atoms with Gasteiger partial charge in [0, 0.05) is 13.2 Å². The number of carboxylic acid groups (broad SMARTS) is 2. The Bertz CT molecular complexity index is 491. The van der Waals surface area contributed by atoms with Gasteiger partial charge in [0.1, 0.15) is 0 Å². The molecule has 1 atom stereocenters. The molecule has 0 aliphatic rings. The van der Waals surface area contributed by atoms with E-state index in [1.807, 2.05) is 0 Å². The summed E-state index contributed by atoms with van der Waals surface area (Å²) in [6.07, 6.45) is 15.2. The van der Waals surface area contributed by atoms with Gasteiger partial charge in [-0.15, -0.1) is 0 Å². The number of hydrogen-bond acceptors (Lipinski definition) is 5. The fourth-order valence-electron chi connectivity index (χ4n) is 2.55. The first-order valence-electron chi connectivity index (χ1n) is 10.6. The summed E-state index contributed by atoms with van der Waals surface area (Å²) in [6, 6.07) is 0. The fraction of sp³-hybridized carbons (Fsp3) is 0.900. The third-order valence-electron chi connectivity index (χ3n) is 4.28. The van der Waals surface area contributed by atoms with Crippen LogP contribution in [0.2, 0.25) is 0 Å². The zero-order valence-corrected chi connectivity index (χ0v) is 18.8. The van der Waals surface area contributed by atoms with E-state index in [1.54, 1.807) is 0 Å². The minimum atomic E-state index is -4.84. The molecule has 29 heavy (non-hydrogen) atoms. The summed E-state index contributed by atoms with van der Waals surface area (Å²) in [5.74, 6) is -3.50. The van der Waals surface area contributed by atoms with Crippen LogP contribution in [0.25, 0.3) is 0 Å². The van der Waals surface area contributed by atoms with E-state index in [4.69, 9.17) is 19.5 Å². The molecule has 8 nitrogen and oxygen atoms in total. The number of unbranched alkanes of at least 4 members (excludes halogenated alkanes) is 10. The second kappa shape index (κ2) is 20.1. The summed E-state index contributed by atoms with van der Waals surface area (Å²) in [4.78, 5) is 20.0. The minimum absolute atomic E-state index is 0.987. The molecular formula is C20H40O8S. The molecule has 0 aliphatic carbocycles. The number of hydrogen-bond donors (Lipinski definition) is 3. The van der Waals surface area contributed by atoms with Crippen LogP contribution in [0.15, 0.2) is 0 Å². The summed E-state index contributed by atoms with van der Waals surface area (Å²) >= 11 is 0. The Morgan fingerprint density at radius 1 is 0.759 bits per heavy atom. The van der Waals surface area contributed by atoms with Crippen molar-refractivity contribution in [2.45, 2.75) is 103 Å². The first kappa shape index (κ1) is 30.0. The van der Waals surface area contributed by atoms with Crippen LogP contribution in [-0.4, -0.2) is 53.6 Å². The van der Waals surface area contributed by atoms with Gasteiger partial charge in [-0.2, -0.15) is 8.42 Å². The topological polar surface area (TPSA) is 138 Å². The lowest BCUT2D eigenvalue weighted by Gasteiger charge is -2.04. The van der Waals surface area contributed by atoms with Crippen molar-refractivity contribution in [3.05, 3.63) is 0 Å². The standard InChI is InChI=1S/C16H34O.C4H6O7S/c1-3-5-7-9-11-13-15-17-16-14-12-10-8-6-4-2;5-3(6)1-2(4(7)8)12(9,10)11/h3-16H2,1-2H3;2H,1H2,(H,5,6)(H,7,8)(H,9,10,11). The molecule has 0 saturated carbocycles.